The zero-order valence-corrected chi connectivity index (χ0v) is 11.8. The van der Waals surface area contributed by atoms with Crippen molar-refractivity contribution in [3.8, 4) is 0 Å². The van der Waals surface area contributed by atoms with Crippen LogP contribution in [0.1, 0.15) is 26.5 Å². The summed E-state index contributed by atoms with van der Waals surface area (Å²) in [5.74, 6) is 0.448. The van der Waals surface area contributed by atoms with Crippen molar-refractivity contribution in [3.05, 3.63) is 59.5 Å². The van der Waals surface area contributed by atoms with Crippen LogP contribution in [0.2, 0.25) is 0 Å². The molecule has 0 aliphatic carbocycles. The van der Waals surface area contributed by atoms with Gasteiger partial charge < -0.3 is 4.42 Å². The van der Waals surface area contributed by atoms with Crippen LogP contribution in [-0.2, 0) is 6.54 Å². The number of hydrogen-bond donors (Lipinski definition) is 0. The number of amides is 2. The van der Waals surface area contributed by atoms with E-state index in [0.717, 1.165) is 5.76 Å². The van der Waals surface area contributed by atoms with Gasteiger partial charge in [-0.3, -0.25) is 19.4 Å². The smallest absolute Gasteiger partial charge is 0.261 e. The van der Waals surface area contributed by atoms with Gasteiger partial charge in [0.15, 0.2) is 0 Å². The number of furan rings is 1. The number of carbonyl (C=O) groups excluding carboxylic acids is 2. The highest BCUT2D eigenvalue weighted by Gasteiger charge is 2.34. The van der Waals surface area contributed by atoms with E-state index in [1.54, 1.807) is 30.5 Å². The predicted molar refractivity (Wildman–Crippen MR) is 76.9 cm³/mol. The van der Waals surface area contributed by atoms with Gasteiger partial charge in [-0.25, -0.2) is 0 Å². The number of rotatable bonds is 5. The topological polar surface area (TPSA) is 53.8 Å². The van der Waals surface area contributed by atoms with Crippen LogP contribution in [0.3, 0.4) is 0 Å². The third-order valence-electron chi connectivity index (χ3n) is 3.59. The number of likely N-dealkylation sites (N-methyl/N-ethyl adjacent to an activating group) is 1. The standard InChI is InChI=1S/C16H16N2O3/c1-17(11-12-5-4-10-21-12)8-9-18-15(19)13-6-2-3-7-14(13)16(18)20/h2-7,10H,8-9,11H2,1H3. The quantitative estimate of drug-likeness (QED) is 0.788. The molecule has 0 N–H and O–H groups in total. The van der Waals surface area contributed by atoms with E-state index in [2.05, 4.69) is 0 Å². The van der Waals surface area contributed by atoms with Gasteiger partial charge in [-0.1, -0.05) is 12.1 Å². The summed E-state index contributed by atoms with van der Waals surface area (Å²) in [6.45, 7) is 1.63. The molecule has 21 heavy (non-hydrogen) atoms. The first-order valence-electron chi connectivity index (χ1n) is 6.83. The maximum atomic E-state index is 12.2. The number of hydrogen-bond acceptors (Lipinski definition) is 4. The molecule has 0 saturated heterocycles. The van der Waals surface area contributed by atoms with Crippen LogP contribution < -0.4 is 0 Å². The van der Waals surface area contributed by atoms with Crippen molar-refractivity contribution < 1.29 is 14.0 Å². The SMILES string of the molecule is CN(CCN1C(=O)c2ccccc2C1=O)Cc1ccco1. The van der Waals surface area contributed by atoms with Gasteiger partial charge in [-0.15, -0.1) is 0 Å². The Morgan fingerprint density at radius 2 is 1.71 bits per heavy atom. The van der Waals surface area contributed by atoms with Gasteiger partial charge in [0.2, 0.25) is 0 Å². The molecule has 1 aliphatic rings. The number of nitrogens with zero attached hydrogens (tertiary/aromatic N) is 2. The molecule has 3 rings (SSSR count). The van der Waals surface area contributed by atoms with Gasteiger partial charge in [0.1, 0.15) is 5.76 Å². The summed E-state index contributed by atoms with van der Waals surface area (Å²) in [6, 6.07) is 10.7. The van der Waals surface area contributed by atoms with Crippen molar-refractivity contribution in [3.63, 3.8) is 0 Å². The van der Waals surface area contributed by atoms with E-state index in [4.69, 9.17) is 4.42 Å². The third-order valence-corrected chi connectivity index (χ3v) is 3.59. The molecule has 108 valence electrons. The summed E-state index contributed by atoms with van der Waals surface area (Å²) >= 11 is 0. The summed E-state index contributed by atoms with van der Waals surface area (Å²) in [5, 5.41) is 0. The van der Waals surface area contributed by atoms with E-state index in [9.17, 15) is 9.59 Å². The monoisotopic (exact) mass is 284 g/mol. The normalized spacial score (nSPS) is 14.1. The summed E-state index contributed by atoms with van der Waals surface area (Å²) < 4.78 is 5.28. The van der Waals surface area contributed by atoms with E-state index in [1.807, 2.05) is 24.1 Å². The van der Waals surface area contributed by atoms with Crippen LogP contribution in [0.4, 0.5) is 0 Å². The van der Waals surface area contributed by atoms with E-state index < -0.39 is 0 Å². The van der Waals surface area contributed by atoms with Gasteiger partial charge in [-0.05, 0) is 31.3 Å². The van der Waals surface area contributed by atoms with Crippen LogP contribution in [0.25, 0.3) is 0 Å². The summed E-state index contributed by atoms with van der Waals surface area (Å²) in [6.07, 6.45) is 1.63. The van der Waals surface area contributed by atoms with Crippen molar-refractivity contribution >= 4 is 11.8 Å². The number of fused-ring (bicyclic) bond motifs is 1. The summed E-state index contributed by atoms with van der Waals surface area (Å²) in [5.41, 5.74) is 0.993. The molecule has 1 aliphatic heterocycles. The highest BCUT2D eigenvalue weighted by atomic mass is 16.3. The lowest BCUT2D eigenvalue weighted by atomic mass is 10.1. The Kier molecular flexibility index (Phi) is 3.58. The average Bonchev–Trinajstić information content (AvgIpc) is 3.07. The zero-order valence-electron chi connectivity index (χ0n) is 11.8. The van der Waals surface area contributed by atoms with E-state index in [0.29, 0.717) is 30.8 Å². The van der Waals surface area contributed by atoms with Crippen molar-refractivity contribution in [1.29, 1.82) is 0 Å². The zero-order chi connectivity index (χ0) is 14.8. The molecule has 0 bridgehead atoms. The first-order chi connectivity index (χ1) is 10.2. The molecule has 2 amide bonds. The largest absolute Gasteiger partial charge is 0.468 e. The predicted octanol–water partition coefficient (Wildman–Crippen LogP) is 2.01. The maximum Gasteiger partial charge on any atom is 0.261 e. The molecule has 0 fully saturated rings. The Bertz CT molecular complexity index is 629. The van der Waals surface area contributed by atoms with E-state index in [1.165, 1.54) is 4.90 Å². The summed E-state index contributed by atoms with van der Waals surface area (Å²) in [4.78, 5) is 27.7. The number of benzene rings is 1. The lowest BCUT2D eigenvalue weighted by Crippen LogP contribution is -2.36. The van der Waals surface area contributed by atoms with Crippen LogP contribution in [0.5, 0.6) is 0 Å². The van der Waals surface area contributed by atoms with Crippen LogP contribution >= 0.6 is 0 Å². The van der Waals surface area contributed by atoms with Crippen molar-refractivity contribution in [2.75, 3.05) is 20.1 Å². The van der Waals surface area contributed by atoms with Crippen molar-refractivity contribution in [2.45, 2.75) is 6.54 Å². The first kappa shape index (κ1) is 13.6. The minimum Gasteiger partial charge on any atom is -0.468 e. The molecular formula is C16H16N2O3. The lowest BCUT2D eigenvalue weighted by Gasteiger charge is -2.19. The van der Waals surface area contributed by atoms with E-state index in [-0.39, 0.29) is 11.8 Å². The van der Waals surface area contributed by atoms with Gasteiger partial charge in [0.05, 0.1) is 23.9 Å². The Hall–Kier alpha value is -2.40. The third kappa shape index (κ3) is 2.60. The number of imide groups is 1. The minimum absolute atomic E-state index is 0.206. The summed E-state index contributed by atoms with van der Waals surface area (Å²) in [7, 11) is 1.93. The second-order valence-electron chi connectivity index (χ2n) is 5.12. The molecule has 1 aromatic carbocycles. The van der Waals surface area contributed by atoms with Crippen LogP contribution in [-0.4, -0.2) is 41.8 Å². The Morgan fingerprint density at radius 3 is 2.29 bits per heavy atom. The molecule has 0 atom stereocenters. The highest BCUT2D eigenvalue weighted by molar-refractivity contribution is 6.21. The second kappa shape index (κ2) is 5.54. The highest BCUT2D eigenvalue weighted by Crippen LogP contribution is 2.22. The van der Waals surface area contributed by atoms with Gasteiger partial charge >= 0.3 is 0 Å². The molecule has 0 unspecified atom stereocenters. The molecule has 0 spiro atoms. The second-order valence-corrected chi connectivity index (χ2v) is 5.12. The van der Waals surface area contributed by atoms with Crippen LogP contribution in [0, 0.1) is 0 Å². The number of carbonyl (C=O) groups is 2. The Balaban J connectivity index is 1.62. The van der Waals surface area contributed by atoms with Crippen molar-refractivity contribution in [1.82, 2.24) is 9.80 Å². The fourth-order valence-corrected chi connectivity index (χ4v) is 2.46. The molecule has 5 nitrogen and oxygen atoms in total. The van der Waals surface area contributed by atoms with Gasteiger partial charge in [0, 0.05) is 13.1 Å². The minimum atomic E-state index is -0.206. The van der Waals surface area contributed by atoms with Gasteiger partial charge in [-0.2, -0.15) is 0 Å². The van der Waals surface area contributed by atoms with Crippen LogP contribution in [0.15, 0.2) is 47.1 Å². The molecule has 5 heteroatoms. The molecule has 2 aromatic rings. The molecule has 2 heterocycles. The fraction of sp³-hybridized carbons (Fsp3) is 0.250. The first-order valence-corrected chi connectivity index (χ1v) is 6.83. The fourth-order valence-electron chi connectivity index (χ4n) is 2.46. The molecule has 1 aromatic heterocycles. The lowest BCUT2D eigenvalue weighted by molar-refractivity contribution is 0.0639. The van der Waals surface area contributed by atoms with Gasteiger partial charge in [0.25, 0.3) is 11.8 Å². The Morgan fingerprint density at radius 1 is 1.05 bits per heavy atom. The molecular weight excluding hydrogens is 268 g/mol. The van der Waals surface area contributed by atoms with Crippen molar-refractivity contribution in [2.24, 2.45) is 0 Å². The average molecular weight is 284 g/mol. The molecule has 0 saturated carbocycles. The Labute approximate surface area is 122 Å². The molecule has 0 radical (unpaired) electrons. The van der Waals surface area contributed by atoms with E-state index >= 15 is 0 Å². The maximum absolute atomic E-state index is 12.2.